The van der Waals surface area contributed by atoms with Crippen molar-refractivity contribution in [3.63, 3.8) is 0 Å². The van der Waals surface area contributed by atoms with Crippen LogP contribution in [0.4, 0.5) is 4.79 Å². The van der Waals surface area contributed by atoms with Crippen LogP contribution in [0.15, 0.2) is 24.3 Å². The van der Waals surface area contributed by atoms with Crippen molar-refractivity contribution in [2.75, 3.05) is 13.1 Å². The maximum Gasteiger partial charge on any atom is 0.325 e. The molecule has 1 saturated heterocycles. The van der Waals surface area contributed by atoms with Crippen LogP contribution >= 0.6 is 0 Å². The molecule has 1 atom stereocenters. The minimum absolute atomic E-state index is 0.120. The Hall–Kier alpha value is -2.37. The number of urea groups is 1. The van der Waals surface area contributed by atoms with E-state index in [0.29, 0.717) is 18.9 Å². The second-order valence-electron chi connectivity index (χ2n) is 8.38. The summed E-state index contributed by atoms with van der Waals surface area (Å²) < 4.78 is 0. The summed E-state index contributed by atoms with van der Waals surface area (Å²) in [7, 11) is 0. The number of benzene rings is 1. The first-order valence-corrected chi connectivity index (χ1v) is 9.94. The van der Waals surface area contributed by atoms with Gasteiger partial charge in [0.25, 0.3) is 5.91 Å². The normalized spacial score (nSPS) is 23.9. The summed E-state index contributed by atoms with van der Waals surface area (Å²) in [5.41, 5.74) is 0.976. The van der Waals surface area contributed by atoms with E-state index in [1.807, 2.05) is 29.2 Å². The Morgan fingerprint density at radius 3 is 2.74 bits per heavy atom. The van der Waals surface area contributed by atoms with E-state index in [4.69, 9.17) is 0 Å². The highest BCUT2D eigenvalue weighted by Gasteiger charge is 2.55. The molecule has 4 amide bonds. The number of nitrogens with one attached hydrogen (secondary N) is 1. The fourth-order valence-electron chi connectivity index (χ4n) is 4.25. The maximum absolute atomic E-state index is 13.2. The highest BCUT2D eigenvalue weighted by molar-refractivity contribution is 6.09. The zero-order valence-corrected chi connectivity index (χ0v) is 16.0. The third-order valence-electron chi connectivity index (χ3n) is 5.97. The van der Waals surface area contributed by atoms with Gasteiger partial charge in [-0.2, -0.15) is 0 Å². The molecule has 1 aliphatic heterocycles. The number of carbonyl (C=O) groups excluding carboxylic acids is 3. The van der Waals surface area contributed by atoms with Crippen LogP contribution < -0.4 is 5.32 Å². The molecule has 1 saturated carbocycles. The van der Waals surface area contributed by atoms with Crippen LogP contribution in [-0.4, -0.2) is 46.8 Å². The molecule has 1 N–H and O–H groups in total. The molecular weight excluding hydrogens is 342 g/mol. The Balaban J connectivity index is 1.51. The number of carbonyl (C=O) groups is 3. The topological polar surface area (TPSA) is 69.7 Å². The van der Waals surface area contributed by atoms with Crippen molar-refractivity contribution in [3.8, 4) is 0 Å². The summed E-state index contributed by atoms with van der Waals surface area (Å²) in [4.78, 5) is 41.6. The lowest BCUT2D eigenvalue weighted by molar-refractivity contribution is -0.139. The number of hydrogen-bond donors (Lipinski definition) is 1. The standard InChI is InChI=1S/C21H27N3O3/c1-14(2)10-12-23(16-7-8-16)18(25)13-24-19(26)21(22-20(24)27)11-9-15-5-3-4-6-17(15)21/h3-6,14,16H,7-13H2,1-2H3,(H,22,27). The third-order valence-corrected chi connectivity index (χ3v) is 5.97. The van der Waals surface area contributed by atoms with Crippen LogP contribution in [0.25, 0.3) is 0 Å². The first-order valence-electron chi connectivity index (χ1n) is 9.94. The summed E-state index contributed by atoms with van der Waals surface area (Å²) in [5, 5.41) is 2.89. The Kier molecular flexibility index (Phi) is 4.44. The van der Waals surface area contributed by atoms with Crippen LogP contribution in [0.3, 0.4) is 0 Å². The first kappa shape index (κ1) is 18.0. The average Bonchev–Trinajstić information content (AvgIpc) is 3.36. The van der Waals surface area contributed by atoms with Crippen LogP contribution in [0.2, 0.25) is 0 Å². The molecule has 1 aromatic carbocycles. The van der Waals surface area contributed by atoms with Crippen molar-refractivity contribution in [2.45, 2.75) is 57.5 Å². The number of amides is 4. The minimum atomic E-state index is -0.990. The van der Waals surface area contributed by atoms with Gasteiger partial charge < -0.3 is 10.2 Å². The number of nitrogens with zero attached hydrogens (tertiary/aromatic N) is 2. The molecule has 27 heavy (non-hydrogen) atoms. The second kappa shape index (κ2) is 6.66. The molecule has 6 nitrogen and oxygen atoms in total. The van der Waals surface area contributed by atoms with Crippen molar-refractivity contribution < 1.29 is 14.4 Å². The van der Waals surface area contributed by atoms with Crippen molar-refractivity contribution in [2.24, 2.45) is 5.92 Å². The highest BCUT2D eigenvalue weighted by Crippen LogP contribution is 2.41. The van der Waals surface area contributed by atoms with Gasteiger partial charge in [0.05, 0.1) is 0 Å². The van der Waals surface area contributed by atoms with Gasteiger partial charge in [-0.25, -0.2) is 4.79 Å². The zero-order valence-electron chi connectivity index (χ0n) is 16.0. The van der Waals surface area contributed by atoms with E-state index in [0.717, 1.165) is 41.7 Å². The zero-order chi connectivity index (χ0) is 19.2. The van der Waals surface area contributed by atoms with E-state index in [2.05, 4.69) is 19.2 Å². The molecule has 1 aromatic rings. The Morgan fingerprint density at radius 2 is 2.04 bits per heavy atom. The number of rotatable bonds is 6. The molecule has 0 bridgehead atoms. The van der Waals surface area contributed by atoms with Gasteiger partial charge in [-0.05, 0) is 49.1 Å². The smallest absolute Gasteiger partial charge is 0.325 e. The lowest BCUT2D eigenvalue weighted by Gasteiger charge is -2.26. The number of hydrogen-bond acceptors (Lipinski definition) is 3. The van der Waals surface area contributed by atoms with Gasteiger partial charge in [-0.15, -0.1) is 0 Å². The Bertz CT molecular complexity index is 787. The van der Waals surface area contributed by atoms with Gasteiger partial charge in [-0.1, -0.05) is 38.1 Å². The molecule has 1 spiro atoms. The molecule has 144 valence electrons. The molecule has 0 aromatic heterocycles. The van der Waals surface area contributed by atoms with Gasteiger partial charge in [0, 0.05) is 12.6 Å². The van der Waals surface area contributed by atoms with Gasteiger partial charge in [-0.3, -0.25) is 14.5 Å². The maximum atomic E-state index is 13.2. The van der Waals surface area contributed by atoms with Gasteiger partial charge in [0.1, 0.15) is 12.1 Å². The molecule has 1 unspecified atom stereocenters. The second-order valence-corrected chi connectivity index (χ2v) is 8.38. The molecule has 3 aliphatic rings. The third kappa shape index (κ3) is 3.11. The summed E-state index contributed by atoms with van der Waals surface area (Å²) in [6, 6.07) is 7.56. The summed E-state index contributed by atoms with van der Waals surface area (Å²) in [6.07, 6.45) is 4.27. The average molecular weight is 369 g/mol. The first-order chi connectivity index (χ1) is 12.9. The van der Waals surface area contributed by atoms with Crippen LogP contribution in [0.1, 0.15) is 50.7 Å². The summed E-state index contributed by atoms with van der Waals surface area (Å²) in [5.74, 6) is 0.101. The lowest BCUT2D eigenvalue weighted by Crippen LogP contribution is -2.46. The van der Waals surface area contributed by atoms with E-state index < -0.39 is 11.6 Å². The number of aryl methyl sites for hydroxylation is 1. The Labute approximate surface area is 159 Å². The van der Waals surface area contributed by atoms with E-state index in [9.17, 15) is 14.4 Å². The predicted octanol–water partition coefficient (Wildman–Crippen LogP) is 2.42. The quantitative estimate of drug-likeness (QED) is 0.783. The highest BCUT2D eigenvalue weighted by atomic mass is 16.2. The van der Waals surface area contributed by atoms with Crippen LogP contribution in [-0.2, 0) is 21.5 Å². The SMILES string of the molecule is CC(C)CCN(C(=O)CN1C(=O)NC2(CCc3ccccc32)C1=O)C1CC1. The molecule has 1 heterocycles. The minimum Gasteiger partial charge on any atom is -0.338 e. The number of imide groups is 1. The fourth-order valence-corrected chi connectivity index (χ4v) is 4.25. The van der Waals surface area contributed by atoms with Gasteiger partial charge >= 0.3 is 6.03 Å². The molecule has 0 radical (unpaired) electrons. The summed E-state index contributed by atoms with van der Waals surface area (Å²) >= 11 is 0. The number of fused-ring (bicyclic) bond motifs is 2. The molecule has 4 rings (SSSR count). The van der Waals surface area contributed by atoms with Crippen molar-refractivity contribution in [1.82, 2.24) is 15.1 Å². The van der Waals surface area contributed by atoms with E-state index in [1.54, 1.807) is 0 Å². The summed E-state index contributed by atoms with van der Waals surface area (Å²) in [6.45, 7) is 4.80. The lowest BCUT2D eigenvalue weighted by atomic mass is 9.92. The Morgan fingerprint density at radius 1 is 1.30 bits per heavy atom. The van der Waals surface area contributed by atoms with Crippen molar-refractivity contribution in [1.29, 1.82) is 0 Å². The van der Waals surface area contributed by atoms with Gasteiger partial charge in [0.2, 0.25) is 5.91 Å². The van der Waals surface area contributed by atoms with E-state index >= 15 is 0 Å². The molecule has 2 fully saturated rings. The fraction of sp³-hybridized carbons (Fsp3) is 0.571. The molecule has 6 heteroatoms. The van der Waals surface area contributed by atoms with Crippen LogP contribution in [0, 0.1) is 5.92 Å². The van der Waals surface area contributed by atoms with Crippen molar-refractivity contribution in [3.05, 3.63) is 35.4 Å². The largest absolute Gasteiger partial charge is 0.338 e. The molecule has 2 aliphatic carbocycles. The van der Waals surface area contributed by atoms with E-state index in [1.165, 1.54) is 0 Å². The van der Waals surface area contributed by atoms with Gasteiger partial charge in [0.15, 0.2) is 0 Å². The van der Waals surface area contributed by atoms with E-state index in [-0.39, 0.29) is 24.4 Å². The van der Waals surface area contributed by atoms with Crippen molar-refractivity contribution >= 4 is 17.8 Å². The molecular formula is C21H27N3O3. The monoisotopic (exact) mass is 369 g/mol. The van der Waals surface area contributed by atoms with Crippen LogP contribution in [0.5, 0.6) is 0 Å². The predicted molar refractivity (Wildman–Crippen MR) is 101 cm³/mol.